The first-order valence-corrected chi connectivity index (χ1v) is 14.0. The number of ether oxygens (including phenoxy) is 1. The first kappa shape index (κ1) is 39.9. The molecule has 1 aliphatic rings. The van der Waals surface area contributed by atoms with Gasteiger partial charge >= 0.3 is 24.3 Å². The van der Waals surface area contributed by atoms with Crippen LogP contribution in [0, 0.1) is 12.8 Å². The molecular weight excluding hydrogens is 670 g/mol. The van der Waals surface area contributed by atoms with Gasteiger partial charge in [-0.1, -0.05) is 30.4 Å². The number of hydrogen-bond acceptors (Lipinski definition) is 8. The van der Waals surface area contributed by atoms with Gasteiger partial charge in [0.2, 0.25) is 5.91 Å². The molecule has 1 saturated heterocycles. The van der Waals surface area contributed by atoms with Crippen molar-refractivity contribution in [1.29, 1.82) is 0 Å². The molecule has 12 nitrogen and oxygen atoms in total. The normalized spacial score (nSPS) is 15.9. The third-order valence-electron chi connectivity index (χ3n) is 6.58. The Labute approximate surface area is 274 Å². The van der Waals surface area contributed by atoms with Gasteiger partial charge in [0.05, 0.1) is 17.5 Å². The number of hydrogen-bond donors (Lipinski definition) is 5. The van der Waals surface area contributed by atoms with Crippen LogP contribution < -0.4 is 15.5 Å². The van der Waals surface area contributed by atoms with Gasteiger partial charge in [-0.3, -0.25) is 24.7 Å². The van der Waals surface area contributed by atoms with Crippen molar-refractivity contribution >= 4 is 34.7 Å². The summed E-state index contributed by atoms with van der Waals surface area (Å²) < 4.78 is 69.5. The van der Waals surface area contributed by atoms with Gasteiger partial charge in [-0.15, -0.1) is 0 Å². The number of aromatic nitrogens is 1. The largest absolute Gasteiger partial charge is 0.490 e. The molecule has 0 saturated carbocycles. The molecule has 1 aromatic heterocycles. The Morgan fingerprint density at radius 2 is 1.51 bits per heavy atom. The smallest absolute Gasteiger partial charge is 0.489 e. The number of carboxylic acid groups (broad SMARTS) is 2. The van der Waals surface area contributed by atoms with Crippen molar-refractivity contribution < 1.29 is 65.7 Å². The Balaban J connectivity index is 0.000000500. The van der Waals surface area contributed by atoms with Crippen molar-refractivity contribution in [1.82, 2.24) is 20.7 Å². The summed E-state index contributed by atoms with van der Waals surface area (Å²) in [6.07, 6.45) is -10.2. The van der Waals surface area contributed by atoms with Crippen molar-refractivity contribution in [2.45, 2.75) is 38.8 Å². The standard InChI is InChI=1S/C27H30N4O4.2C2HF3O2/c1-17(2)13-31-14-23(27(33)30-34)25(15-31)29-26(32)19-8-10-21(11-9-19)35-16-20-12-18(3)28-24-7-5-4-6-22(20)24;2*3-2(4,5)1(6)7/h4-12,23,25,34H,1,13-16H2,2-3H3,(H,29,32)(H,30,33);2*(H,6,7)/t23-,25+;;/m0../s1. The minimum Gasteiger partial charge on any atom is -0.489 e. The lowest BCUT2D eigenvalue weighted by molar-refractivity contribution is -0.193. The van der Waals surface area contributed by atoms with Gasteiger partial charge < -0.3 is 20.3 Å². The Bertz CT molecular complexity index is 1620. The molecule has 1 fully saturated rings. The topological polar surface area (TPSA) is 178 Å². The number of carboxylic acids is 2. The summed E-state index contributed by atoms with van der Waals surface area (Å²) in [4.78, 5) is 49.4. The van der Waals surface area contributed by atoms with E-state index in [-0.39, 0.29) is 5.91 Å². The zero-order chi connectivity index (χ0) is 37.1. The minimum atomic E-state index is -5.08. The monoisotopic (exact) mass is 702 g/mol. The lowest BCUT2D eigenvalue weighted by Crippen LogP contribution is -2.45. The number of para-hydroxylation sites is 1. The molecule has 49 heavy (non-hydrogen) atoms. The predicted molar refractivity (Wildman–Crippen MR) is 161 cm³/mol. The summed E-state index contributed by atoms with van der Waals surface area (Å²) in [6, 6.07) is 16.4. The van der Waals surface area contributed by atoms with E-state index < -0.39 is 42.2 Å². The van der Waals surface area contributed by atoms with E-state index in [2.05, 4.69) is 16.9 Å². The van der Waals surface area contributed by atoms with Gasteiger partial charge in [0.15, 0.2) is 0 Å². The Morgan fingerprint density at radius 1 is 0.959 bits per heavy atom. The maximum absolute atomic E-state index is 12.9. The molecule has 5 N–H and O–H groups in total. The third-order valence-corrected chi connectivity index (χ3v) is 6.58. The zero-order valence-electron chi connectivity index (χ0n) is 25.9. The Kier molecular flexibility index (Phi) is 14.1. The number of hydroxylamine groups is 1. The number of carbonyl (C=O) groups excluding carboxylic acids is 2. The zero-order valence-corrected chi connectivity index (χ0v) is 25.9. The average Bonchev–Trinajstić information content (AvgIpc) is 3.40. The number of nitrogens with one attached hydrogen (secondary N) is 2. The van der Waals surface area contributed by atoms with Crippen molar-refractivity contribution in [3.63, 3.8) is 0 Å². The number of aliphatic carboxylic acids is 2. The van der Waals surface area contributed by atoms with Crippen LogP contribution in [-0.2, 0) is 21.0 Å². The lowest BCUT2D eigenvalue weighted by Gasteiger charge is -2.18. The van der Waals surface area contributed by atoms with Crippen LogP contribution in [0.1, 0.15) is 28.5 Å². The van der Waals surface area contributed by atoms with E-state index in [0.717, 1.165) is 27.7 Å². The second kappa shape index (κ2) is 17.3. The number of fused-ring (bicyclic) bond motifs is 1. The summed E-state index contributed by atoms with van der Waals surface area (Å²) in [5.74, 6) is -6.22. The lowest BCUT2D eigenvalue weighted by atomic mass is 10.0. The second-order valence-corrected chi connectivity index (χ2v) is 10.7. The summed E-state index contributed by atoms with van der Waals surface area (Å²) in [5, 5.41) is 27.3. The summed E-state index contributed by atoms with van der Waals surface area (Å²) >= 11 is 0. The van der Waals surface area contributed by atoms with Crippen LogP contribution in [0.25, 0.3) is 10.9 Å². The van der Waals surface area contributed by atoms with Crippen LogP contribution in [0.4, 0.5) is 26.3 Å². The highest BCUT2D eigenvalue weighted by molar-refractivity contribution is 5.95. The summed E-state index contributed by atoms with van der Waals surface area (Å²) in [5.41, 5.74) is 6.04. The van der Waals surface area contributed by atoms with Crippen molar-refractivity contribution in [3.05, 3.63) is 83.6 Å². The van der Waals surface area contributed by atoms with Crippen molar-refractivity contribution in [2.24, 2.45) is 5.92 Å². The van der Waals surface area contributed by atoms with Gasteiger partial charge in [0.1, 0.15) is 12.4 Å². The fourth-order valence-corrected chi connectivity index (χ4v) is 4.52. The maximum atomic E-state index is 12.9. The highest BCUT2D eigenvalue weighted by atomic mass is 19.4. The molecule has 0 unspecified atom stereocenters. The SMILES string of the molecule is C=C(C)CN1C[C@H](C(=O)NO)[C@H](NC(=O)c2ccc(OCc3cc(C)nc4ccccc34)cc2)C1.O=C(O)C(F)(F)F.O=C(O)C(F)(F)F. The number of rotatable bonds is 8. The average molecular weight is 703 g/mol. The first-order valence-electron chi connectivity index (χ1n) is 14.0. The van der Waals surface area contributed by atoms with Gasteiger partial charge in [-0.25, -0.2) is 15.1 Å². The Hall–Kier alpha value is -5.23. The molecule has 0 radical (unpaired) electrons. The van der Waals surface area contributed by atoms with Crippen LogP contribution in [0.15, 0.2) is 66.7 Å². The number of likely N-dealkylation sites (tertiary alicyclic amines) is 1. The first-order chi connectivity index (χ1) is 22.7. The number of pyridine rings is 1. The molecule has 266 valence electrons. The molecule has 0 bridgehead atoms. The van der Waals surface area contributed by atoms with E-state index in [1.54, 1.807) is 29.7 Å². The summed E-state index contributed by atoms with van der Waals surface area (Å²) in [7, 11) is 0. The molecule has 1 aliphatic heterocycles. The summed E-state index contributed by atoms with van der Waals surface area (Å²) in [6.45, 7) is 9.72. The van der Waals surface area contributed by atoms with Crippen LogP contribution in [0.2, 0.25) is 0 Å². The number of alkyl halides is 6. The van der Waals surface area contributed by atoms with E-state index in [9.17, 15) is 35.9 Å². The third kappa shape index (κ3) is 12.7. The molecular formula is C31H32F6N4O8. The van der Waals surface area contributed by atoms with Gasteiger partial charge in [0, 0.05) is 41.8 Å². The van der Waals surface area contributed by atoms with Crippen molar-refractivity contribution in [3.8, 4) is 5.75 Å². The molecule has 2 atom stereocenters. The Morgan fingerprint density at radius 3 is 2.02 bits per heavy atom. The number of nitrogens with zero attached hydrogens (tertiary/aromatic N) is 2. The molecule has 0 aliphatic carbocycles. The van der Waals surface area contributed by atoms with Gasteiger partial charge in [0.25, 0.3) is 5.91 Å². The number of carbonyl (C=O) groups is 4. The molecule has 2 amide bonds. The van der Waals surface area contributed by atoms with E-state index in [1.807, 2.05) is 49.1 Å². The van der Waals surface area contributed by atoms with Gasteiger partial charge in [-0.05, 0) is 50.2 Å². The van der Waals surface area contributed by atoms with Gasteiger partial charge in [-0.2, -0.15) is 26.3 Å². The molecule has 2 heterocycles. The molecule has 18 heteroatoms. The predicted octanol–water partition coefficient (Wildman–Crippen LogP) is 4.50. The highest BCUT2D eigenvalue weighted by Gasteiger charge is 2.39. The molecule has 2 aromatic carbocycles. The van der Waals surface area contributed by atoms with Crippen LogP contribution in [0.5, 0.6) is 5.75 Å². The van der Waals surface area contributed by atoms with Crippen molar-refractivity contribution in [2.75, 3.05) is 19.6 Å². The minimum absolute atomic E-state index is 0.287. The maximum Gasteiger partial charge on any atom is 0.490 e. The molecule has 4 rings (SSSR count). The van der Waals surface area contributed by atoms with E-state index in [4.69, 9.17) is 29.7 Å². The fourth-order valence-electron chi connectivity index (χ4n) is 4.52. The highest BCUT2D eigenvalue weighted by Crippen LogP contribution is 2.22. The fraction of sp³-hybridized carbons (Fsp3) is 0.323. The van der Waals surface area contributed by atoms with Crippen LogP contribution in [0.3, 0.4) is 0 Å². The van der Waals surface area contributed by atoms with E-state index in [1.165, 1.54) is 0 Å². The number of aryl methyl sites for hydroxylation is 1. The number of halogens is 6. The van der Waals surface area contributed by atoms with Crippen LogP contribution in [-0.4, -0.2) is 87.1 Å². The number of amides is 2. The molecule has 0 spiro atoms. The number of benzene rings is 2. The molecule has 3 aromatic rings. The van der Waals surface area contributed by atoms with E-state index in [0.29, 0.717) is 37.6 Å². The second-order valence-electron chi connectivity index (χ2n) is 10.7. The van der Waals surface area contributed by atoms with E-state index >= 15 is 0 Å². The quantitative estimate of drug-likeness (QED) is 0.0972. The van der Waals surface area contributed by atoms with Crippen LogP contribution >= 0.6 is 0 Å².